The van der Waals surface area contributed by atoms with Crippen molar-refractivity contribution >= 4 is 23.7 Å². The number of hydrogen-bond donors (Lipinski definition) is 0. The fraction of sp³-hybridized carbons (Fsp3) is 0.333. The Bertz CT molecular complexity index is 972. The maximum absolute atomic E-state index is 13.0. The number of methoxy groups -OCH3 is 2. The largest absolute Gasteiger partial charge is 0.497 e. The van der Waals surface area contributed by atoms with E-state index in [0.717, 1.165) is 29.7 Å². The first-order valence-electron chi connectivity index (χ1n) is 10.9. The molecule has 0 saturated heterocycles. The molecule has 3 rings (SSSR count). The lowest BCUT2D eigenvalue weighted by Crippen LogP contribution is -2.26. The first kappa shape index (κ1) is 23.5. The monoisotopic (exact) mass is 434 g/mol. The highest BCUT2D eigenvalue weighted by Gasteiger charge is 2.29. The summed E-state index contributed by atoms with van der Waals surface area (Å²) in [6.07, 6.45) is 10.4. The Morgan fingerprint density at radius 2 is 1.53 bits per heavy atom. The number of ketones is 2. The molecule has 5 nitrogen and oxygen atoms in total. The summed E-state index contributed by atoms with van der Waals surface area (Å²) in [4.78, 5) is 26.0. The van der Waals surface area contributed by atoms with Crippen molar-refractivity contribution in [3.8, 4) is 11.5 Å². The van der Waals surface area contributed by atoms with E-state index in [-0.39, 0.29) is 18.4 Å². The van der Waals surface area contributed by atoms with Crippen LogP contribution in [0.5, 0.6) is 11.5 Å². The van der Waals surface area contributed by atoms with Crippen molar-refractivity contribution in [3.05, 3.63) is 71.8 Å². The molecule has 168 valence electrons. The van der Waals surface area contributed by atoms with Gasteiger partial charge in [-0.3, -0.25) is 9.59 Å². The lowest BCUT2D eigenvalue weighted by atomic mass is 9.76. The second-order valence-electron chi connectivity index (χ2n) is 7.96. The number of carbonyl (C=O) groups is 2. The van der Waals surface area contributed by atoms with Crippen molar-refractivity contribution in [2.45, 2.75) is 25.7 Å². The van der Waals surface area contributed by atoms with Gasteiger partial charge in [0.25, 0.3) is 0 Å². The third-order valence-corrected chi connectivity index (χ3v) is 5.66. The Morgan fingerprint density at radius 1 is 0.938 bits per heavy atom. The summed E-state index contributed by atoms with van der Waals surface area (Å²) in [6, 6.07) is 14.9. The third kappa shape index (κ3) is 6.92. The molecular formula is C27H30O5. The van der Waals surface area contributed by atoms with Gasteiger partial charge in [0, 0.05) is 7.11 Å². The second kappa shape index (κ2) is 12.0. The second-order valence-corrected chi connectivity index (χ2v) is 7.96. The maximum atomic E-state index is 13.0. The SMILES string of the molecule is COCOc1cccc(/C=C/C(=O)C(CC2CCC2)C(=O)/C=C/c2cccc(OC)c2)c1. The molecule has 0 aliphatic heterocycles. The summed E-state index contributed by atoms with van der Waals surface area (Å²) in [6.45, 7) is 0.156. The van der Waals surface area contributed by atoms with Crippen molar-refractivity contribution < 1.29 is 23.8 Å². The molecule has 0 heterocycles. The van der Waals surface area contributed by atoms with Crippen LogP contribution in [0.1, 0.15) is 36.8 Å². The normalized spacial score (nSPS) is 14.9. The zero-order valence-electron chi connectivity index (χ0n) is 18.7. The van der Waals surface area contributed by atoms with E-state index >= 15 is 0 Å². The number of carbonyl (C=O) groups excluding carboxylic acids is 2. The van der Waals surface area contributed by atoms with Crippen LogP contribution >= 0.6 is 0 Å². The molecule has 0 amide bonds. The van der Waals surface area contributed by atoms with Gasteiger partial charge >= 0.3 is 0 Å². The Balaban J connectivity index is 1.71. The fourth-order valence-corrected chi connectivity index (χ4v) is 3.60. The van der Waals surface area contributed by atoms with Gasteiger partial charge in [-0.2, -0.15) is 0 Å². The topological polar surface area (TPSA) is 61.8 Å². The number of benzene rings is 2. The highest BCUT2D eigenvalue weighted by atomic mass is 16.7. The van der Waals surface area contributed by atoms with E-state index in [1.54, 1.807) is 26.4 Å². The third-order valence-electron chi connectivity index (χ3n) is 5.66. The zero-order chi connectivity index (χ0) is 22.8. The fourth-order valence-electron chi connectivity index (χ4n) is 3.60. The quantitative estimate of drug-likeness (QED) is 0.256. The number of hydrogen-bond acceptors (Lipinski definition) is 5. The molecule has 5 heteroatoms. The van der Waals surface area contributed by atoms with Crippen LogP contribution in [0.25, 0.3) is 12.2 Å². The van der Waals surface area contributed by atoms with Gasteiger partial charge < -0.3 is 14.2 Å². The Hall–Kier alpha value is -3.18. The van der Waals surface area contributed by atoms with E-state index in [1.807, 2.05) is 48.5 Å². The first-order chi connectivity index (χ1) is 15.6. The molecule has 2 aromatic rings. The van der Waals surface area contributed by atoms with Crippen LogP contribution < -0.4 is 9.47 Å². The highest BCUT2D eigenvalue weighted by Crippen LogP contribution is 2.33. The zero-order valence-corrected chi connectivity index (χ0v) is 18.7. The molecule has 1 atom stereocenters. The molecule has 1 aliphatic rings. The Labute approximate surface area is 189 Å². The van der Waals surface area contributed by atoms with E-state index in [0.29, 0.717) is 18.1 Å². The minimum absolute atomic E-state index is 0.156. The van der Waals surface area contributed by atoms with Gasteiger partial charge in [0.15, 0.2) is 18.4 Å². The van der Waals surface area contributed by atoms with Crippen LogP contribution in [0.15, 0.2) is 60.7 Å². The van der Waals surface area contributed by atoms with Crippen LogP contribution in [-0.2, 0) is 14.3 Å². The Morgan fingerprint density at radius 3 is 2.06 bits per heavy atom. The van der Waals surface area contributed by atoms with E-state index in [2.05, 4.69) is 0 Å². The van der Waals surface area contributed by atoms with Gasteiger partial charge in [0.1, 0.15) is 11.5 Å². The number of rotatable bonds is 12. The average Bonchev–Trinajstić information content (AvgIpc) is 2.79. The maximum Gasteiger partial charge on any atom is 0.188 e. The van der Waals surface area contributed by atoms with Gasteiger partial charge in [-0.1, -0.05) is 55.7 Å². The molecule has 1 aliphatic carbocycles. The van der Waals surface area contributed by atoms with Gasteiger partial charge in [0.05, 0.1) is 13.0 Å². The minimum Gasteiger partial charge on any atom is -0.497 e. The van der Waals surface area contributed by atoms with Crippen LogP contribution in [0.4, 0.5) is 0 Å². The summed E-state index contributed by atoms with van der Waals surface area (Å²) < 4.78 is 15.6. The number of ether oxygens (including phenoxy) is 3. The van der Waals surface area contributed by atoms with Crippen LogP contribution in [0, 0.1) is 11.8 Å². The van der Waals surface area contributed by atoms with Crippen LogP contribution in [0.3, 0.4) is 0 Å². The van der Waals surface area contributed by atoms with Crippen molar-refractivity contribution in [1.29, 1.82) is 0 Å². The molecule has 1 fully saturated rings. The van der Waals surface area contributed by atoms with Crippen LogP contribution in [-0.4, -0.2) is 32.6 Å². The molecule has 32 heavy (non-hydrogen) atoms. The smallest absolute Gasteiger partial charge is 0.188 e. The van der Waals surface area contributed by atoms with Gasteiger partial charge in [0.2, 0.25) is 0 Å². The van der Waals surface area contributed by atoms with Crippen molar-refractivity contribution in [1.82, 2.24) is 0 Å². The summed E-state index contributed by atoms with van der Waals surface area (Å²) in [5.74, 6) is 0.835. The van der Waals surface area contributed by atoms with E-state index in [4.69, 9.17) is 14.2 Å². The average molecular weight is 435 g/mol. The first-order valence-corrected chi connectivity index (χ1v) is 10.9. The molecule has 0 N–H and O–H groups in total. The van der Waals surface area contributed by atoms with Crippen molar-refractivity contribution in [3.63, 3.8) is 0 Å². The molecule has 1 unspecified atom stereocenters. The lowest BCUT2D eigenvalue weighted by Gasteiger charge is -2.27. The van der Waals surface area contributed by atoms with Gasteiger partial charge in [-0.15, -0.1) is 0 Å². The highest BCUT2D eigenvalue weighted by molar-refractivity contribution is 6.13. The summed E-state index contributed by atoms with van der Waals surface area (Å²) in [5.41, 5.74) is 1.68. The van der Waals surface area contributed by atoms with Crippen molar-refractivity contribution in [2.75, 3.05) is 21.0 Å². The van der Waals surface area contributed by atoms with E-state index in [9.17, 15) is 9.59 Å². The minimum atomic E-state index is -0.661. The molecule has 2 aromatic carbocycles. The molecular weight excluding hydrogens is 404 g/mol. The standard InChI is InChI=1S/C27H30O5/c1-30-19-32-24-11-5-9-22(17-24)13-15-27(29)25(18-20-6-3-7-20)26(28)14-12-21-8-4-10-23(16-21)31-2/h4-5,8-17,20,25H,3,6-7,18-19H2,1-2H3/b14-12+,15-13+. The molecule has 0 radical (unpaired) electrons. The predicted molar refractivity (Wildman–Crippen MR) is 125 cm³/mol. The van der Waals surface area contributed by atoms with Gasteiger partial charge in [-0.05, 0) is 59.9 Å². The number of allylic oxidation sites excluding steroid dienone is 2. The van der Waals surface area contributed by atoms with E-state index in [1.165, 1.54) is 18.6 Å². The summed E-state index contributed by atoms with van der Waals surface area (Å²) in [7, 11) is 3.16. The molecule has 1 saturated carbocycles. The predicted octanol–water partition coefficient (Wildman–Crippen LogP) is 5.35. The summed E-state index contributed by atoms with van der Waals surface area (Å²) in [5, 5.41) is 0. The van der Waals surface area contributed by atoms with E-state index < -0.39 is 5.92 Å². The molecule has 0 bridgehead atoms. The molecule has 0 aromatic heterocycles. The summed E-state index contributed by atoms with van der Waals surface area (Å²) >= 11 is 0. The van der Waals surface area contributed by atoms with Gasteiger partial charge in [-0.25, -0.2) is 0 Å². The van der Waals surface area contributed by atoms with Crippen LogP contribution in [0.2, 0.25) is 0 Å². The Kier molecular flexibility index (Phi) is 8.81. The molecule has 0 spiro atoms. The lowest BCUT2D eigenvalue weighted by molar-refractivity contribution is -0.128. The van der Waals surface area contributed by atoms with Crippen molar-refractivity contribution in [2.24, 2.45) is 11.8 Å².